The van der Waals surface area contributed by atoms with Crippen molar-refractivity contribution in [2.24, 2.45) is 7.05 Å². The highest BCUT2D eigenvalue weighted by Gasteiger charge is 2.31. The first kappa shape index (κ1) is 21.1. The Morgan fingerprint density at radius 2 is 1.86 bits per heavy atom. The Kier molecular flexibility index (Phi) is 6.39. The van der Waals surface area contributed by atoms with Gasteiger partial charge in [0, 0.05) is 25.2 Å². The van der Waals surface area contributed by atoms with Crippen LogP contribution in [0.3, 0.4) is 0 Å². The summed E-state index contributed by atoms with van der Waals surface area (Å²) in [5.74, 6) is -0.168. The third-order valence-electron chi connectivity index (χ3n) is 5.47. The van der Waals surface area contributed by atoms with E-state index < -0.39 is 0 Å². The predicted molar refractivity (Wildman–Crippen MR) is 117 cm³/mol. The smallest absolute Gasteiger partial charge is 0.258 e. The van der Waals surface area contributed by atoms with Crippen LogP contribution in [0.4, 0.5) is 5.69 Å². The quantitative estimate of drug-likeness (QED) is 0.670. The Labute approximate surface area is 172 Å². The molecular formula is C22H31N5O2. The summed E-state index contributed by atoms with van der Waals surface area (Å²) in [6.07, 6.45) is 2.05. The van der Waals surface area contributed by atoms with Gasteiger partial charge < -0.3 is 15.3 Å². The van der Waals surface area contributed by atoms with Crippen molar-refractivity contribution in [1.82, 2.24) is 20.2 Å². The van der Waals surface area contributed by atoms with Crippen LogP contribution in [0.1, 0.15) is 54.5 Å². The second-order valence-electron chi connectivity index (χ2n) is 7.54. The largest absolute Gasteiger partial charge is 0.355 e. The van der Waals surface area contributed by atoms with Gasteiger partial charge in [0.05, 0.1) is 11.4 Å². The maximum atomic E-state index is 13.3. The molecule has 0 saturated heterocycles. The van der Waals surface area contributed by atoms with Crippen molar-refractivity contribution in [2.45, 2.75) is 39.8 Å². The van der Waals surface area contributed by atoms with Crippen LogP contribution in [0.25, 0.3) is 11.1 Å². The van der Waals surface area contributed by atoms with Gasteiger partial charge in [0.2, 0.25) is 0 Å². The van der Waals surface area contributed by atoms with Gasteiger partial charge in [-0.05, 0) is 62.2 Å². The minimum absolute atomic E-state index is 0.0463. The van der Waals surface area contributed by atoms with Crippen molar-refractivity contribution >= 4 is 11.6 Å². The maximum absolute atomic E-state index is 13.3. The van der Waals surface area contributed by atoms with E-state index in [4.69, 9.17) is 0 Å². The van der Waals surface area contributed by atoms with Gasteiger partial charge in [0.15, 0.2) is 0 Å². The lowest BCUT2D eigenvalue weighted by molar-refractivity contribution is 0.0963. The summed E-state index contributed by atoms with van der Waals surface area (Å²) >= 11 is 0. The number of nitrogens with zero attached hydrogens (tertiary/aromatic N) is 2. The van der Waals surface area contributed by atoms with E-state index in [1.165, 1.54) is 0 Å². The van der Waals surface area contributed by atoms with Gasteiger partial charge in [-0.15, -0.1) is 0 Å². The van der Waals surface area contributed by atoms with E-state index in [0.717, 1.165) is 48.4 Å². The van der Waals surface area contributed by atoms with Crippen molar-refractivity contribution in [1.29, 1.82) is 0 Å². The SMILES string of the molecule is CCCN(CCC)C1NNc2cc(-c3cc(C(=O)NC)ccc3C)c(=O)n(C)c21. The Morgan fingerprint density at radius 1 is 1.17 bits per heavy atom. The Bertz CT molecular complexity index is 960. The molecule has 1 amide bonds. The summed E-state index contributed by atoms with van der Waals surface area (Å²) in [6, 6.07) is 7.35. The van der Waals surface area contributed by atoms with Crippen molar-refractivity contribution in [3.63, 3.8) is 0 Å². The molecule has 2 aromatic rings. The summed E-state index contributed by atoms with van der Waals surface area (Å²) in [5.41, 5.74) is 11.2. The van der Waals surface area contributed by atoms with E-state index in [9.17, 15) is 9.59 Å². The molecule has 3 rings (SSSR count). The van der Waals surface area contributed by atoms with Gasteiger partial charge in [0.1, 0.15) is 6.17 Å². The fourth-order valence-corrected chi connectivity index (χ4v) is 4.00. The number of amides is 1. The van der Waals surface area contributed by atoms with Crippen LogP contribution in [-0.4, -0.2) is 35.5 Å². The summed E-state index contributed by atoms with van der Waals surface area (Å²) < 4.78 is 1.73. The van der Waals surface area contributed by atoms with Crippen molar-refractivity contribution in [3.05, 3.63) is 51.4 Å². The van der Waals surface area contributed by atoms with E-state index >= 15 is 0 Å². The van der Waals surface area contributed by atoms with Crippen molar-refractivity contribution < 1.29 is 4.79 Å². The molecule has 1 unspecified atom stereocenters. The van der Waals surface area contributed by atoms with Gasteiger partial charge >= 0.3 is 0 Å². The number of hydrogen-bond donors (Lipinski definition) is 3. The van der Waals surface area contributed by atoms with Crippen LogP contribution in [0.2, 0.25) is 0 Å². The molecule has 2 heterocycles. The molecule has 7 nitrogen and oxygen atoms in total. The van der Waals surface area contributed by atoms with Gasteiger partial charge in [0.25, 0.3) is 11.5 Å². The number of carbonyl (C=O) groups is 1. The zero-order valence-electron chi connectivity index (χ0n) is 17.9. The average Bonchev–Trinajstić information content (AvgIpc) is 3.14. The molecule has 156 valence electrons. The molecule has 1 atom stereocenters. The molecule has 0 saturated carbocycles. The number of hydrogen-bond acceptors (Lipinski definition) is 5. The second kappa shape index (κ2) is 8.80. The lowest BCUT2D eigenvalue weighted by atomic mass is 9.97. The third-order valence-corrected chi connectivity index (χ3v) is 5.47. The zero-order chi connectivity index (χ0) is 21.1. The Balaban J connectivity index is 2.10. The number of fused-ring (bicyclic) bond motifs is 1. The number of aryl methyl sites for hydroxylation is 1. The number of benzene rings is 1. The molecule has 0 bridgehead atoms. The normalized spacial score (nSPS) is 15.3. The van der Waals surface area contributed by atoms with Crippen LogP contribution < -0.4 is 21.7 Å². The fraction of sp³-hybridized carbons (Fsp3) is 0.455. The van der Waals surface area contributed by atoms with Gasteiger partial charge in [-0.2, -0.15) is 0 Å². The number of hydrazine groups is 1. The fourth-order valence-electron chi connectivity index (χ4n) is 4.00. The Hall–Kier alpha value is -2.64. The lowest BCUT2D eigenvalue weighted by Gasteiger charge is -2.28. The van der Waals surface area contributed by atoms with E-state index in [-0.39, 0.29) is 17.6 Å². The first-order chi connectivity index (χ1) is 13.9. The highest BCUT2D eigenvalue weighted by atomic mass is 16.1. The van der Waals surface area contributed by atoms with Gasteiger partial charge in [-0.1, -0.05) is 19.9 Å². The minimum Gasteiger partial charge on any atom is -0.355 e. The second-order valence-corrected chi connectivity index (χ2v) is 7.54. The third kappa shape index (κ3) is 3.93. The van der Waals surface area contributed by atoms with Crippen LogP contribution in [-0.2, 0) is 7.05 Å². The van der Waals surface area contributed by atoms with E-state index in [0.29, 0.717) is 11.1 Å². The first-order valence-corrected chi connectivity index (χ1v) is 10.3. The molecule has 0 aliphatic carbocycles. The number of aromatic nitrogens is 1. The lowest BCUT2D eigenvalue weighted by Crippen LogP contribution is -2.39. The molecule has 3 N–H and O–H groups in total. The molecule has 1 aromatic carbocycles. The molecule has 0 spiro atoms. The first-order valence-electron chi connectivity index (χ1n) is 10.3. The predicted octanol–water partition coefficient (Wildman–Crippen LogP) is 2.77. The van der Waals surface area contributed by atoms with Gasteiger partial charge in [-0.25, -0.2) is 5.43 Å². The molecule has 1 aliphatic heterocycles. The van der Waals surface area contributed by atoms with Crippen molar-refractivity contribution in [2.75, 3.05) is 25.6 Å². The minimum atomic E-state index is -0.168. The van der Waals surface area contributed by atoms with E-state index in [1.54, 1.807) is 23.7 Å². The summed E-state index contributed by atoms with van der Waals surface area (Å²) in [7, 11) is 3.42. The monoisotopic (exact) mass is 397 g/mol. The average molecular weight is 398 g/mol. The molecule has 7 heteroatoms. The zero-order valence-corrected chi connectivity index (χ0v) is 17.9. The molecular weight excluding hydrogens is 366 g/mol. The van der Waals surface area contributed by atoms with Crippen LogP contribution in [0, 0.1) is 6.92 Å². The van der Waals surface area contributed by atoms with Crippen LogP contribution in [0.5, 0.6) is 0 Å². The molecule has 0 radical (unpaired) electrons. The van der Waals surface area contributed by atoms with Crippen LogP contribution in [0.15, 0.2) is 29.1 Å². The number of carbonyl (C=O) groups excluding carboxylic acids is 1. The number of nitrogens with one attached hydrogen (secondary N) is 3. The summed E-state index contributed by atoms with van der Waals surface area (Å²) in [6.45, 7) is 8.19. The number of pyridine rings is 1. The Morgan fingerprint density at radius 3 is 2.48 bits per heavy atom. The highest BCUT2D eigenvalue weighted by molar-refractivity contribution is 5.95. The van der Waals surface area contributed by atoms with E-state index in [2.05, 4.69) is 34.9 Å². The molecule has 1 aromatic heterocycles. The molecule has 1 aliphatic rings. The maximum Gasteiger partial charge on any atom is 0.258 e. The highest BCUT2D eigenvalue weighted by Crippen LogP contribution is 2.33. The summed E-state index contributed by atoms with van der Waals surface area (Å²) in [5, 5.41) is 2.64. The van der Waals surface area contributed by atoms with E-state index in [1.807, 2.05) is 26.1 Å². The number of rotatable bonds is 7. The van der Waals surface area contributed by atoms with Crippen LogP contribution >= 0.6 is 0 Å². The van der Waals surface area contributed by atoms with Gasteiger partial charge in [-0.3, -0.25) is 14.5 Å². The number of anilines is 1. The summed E-state index contributed by atoms with van der Waals surface area (Å²) in [4.78, 5) is 27.7. The van der Waals surface area contributed by atoms with Crippen molar-refractivity contribution in [3.8, 4) is 11.1 Å². The topological polar surface area (TPSA) is 78.4 Å². The standard InChI is InChI=1S/C22H31N5O2/c1-6-10-27(11-7-2)20-19-18(24-25-20)13-17(22(29)26(19)5)16-12-15(21(28)23-4)9-8-14(16)3/h8-9,12-13,20,24-25H,6-7,10-11H2,1-5H3,(H,23,28). The molecule has 0 fully saturated rings. The molecule has 29 heavy (non-hydrogen) atoms.